The molecule has 9 heteroatoms. The maximum Gasteiger partial charge on any atom is 0.328 e. The minimum absolute atomic E-state index is 0.464. The van der Waals surface area contributed by atoms with Crippen LogP contribution in [-0.2, 0) is 19.1 Å². The van der Waals surface area contributed by atoms with Crippen molar-refractivity contribution in [1.82, 2.24) is 15.1 Å². The van der Waals surface area contributed by atoms with Gasteiger partial charge < -0.3 is 20.1 Å². The van der Waals surface area contributed by atoms with Gasteiger partial charge in [0.05, 0.1) is 29.9 Å². The average Bonchev–Trinajstić information content (AvgIpc) is 3.15. The predicted molar refractivity (Wildman–Crippen MR) is 132 cm³/mol. The zero-order valence-corrected chi connectivity index (χ0v) is 20.1. The van der Waals surface area contributed by atoms with Crippen molar-refractivity contribution in [3.63, 3.8) is 0 Å². The van der Waals surface area contributed by atoms with Crippen molar-refractivity contribution < 1.29 is 23.9 Å². The molecular weight excluding hydrogens is 448 g/mol. The summed E-state index contributed by atoms with van der Waals surface area (Å²) in [5, 5.41) is 9.73. The molecule has 1 heterocycles. The van der Waals surface area contributed by atoms with Gasteiger partial charge in [-0.25, -0.2) is 9.48 Å². The number of carbonyl (C=O) groups is 3. The number of nitrogens with one attached hydrogen (secondary N) is 2. The van der Waals surface area contributed by atoms with E-state index in [1.165, 1.54) is 13.0 Å². The molecule has 35 heavy (non-hydrogen) atoms. The number of aryl methyl sites for hydroxylation is 1. The van der Waals surface area contributed by atoms with Gasteiger partial charge in [0.15, 0.2) is 6.61 Å². The first-order chi connectivity index (χ1) is 16.8. The summed E-state index contributed by atoms with van der Waals surface area (Å²) in [6.45, 7) is 4.62. The second kappa shape index (κ2) is 11.6. The van der Waals surface area contributed by atoms with Crippen molar-refractivity contribution >= 4 is 29.5 Å². The van der Waals surface area contributed by atoms with Crippen LogP contribution in [0.5, 0.6) is 5.75 Å². The summed E-state index contributed by atoms with van der Waals surface area (Å²) in [6.07, 6.45) is 2.93. The summed E-state index contributed by atoms with van der Waals surface area (Å²) >= 11 is 0. The number of hydrogen-bond donors (Lipinski definition) is 2. The molecule has 3 rings (SSSR count). The van der Waals surface area contributed by atoms with Crippen molar-refractivity contribution in [3.05, 3.63) is 77.6 Å². The van der Waals surface area contributed by atoms with Crippen LogP contribution in [0.4, 0.5) is 5.69 Å². The highest BCUT2D eigenvalue weighted by Crippen LogP contribution is 2.22. The van der Waals surface area contributed by atoms with Crippen LogP contribution in [0.3, 0.4) is 0 Å². The molecule has 3 aromatic rings. The summed E-state index contributed by atoms with van der Waals surface area (Å²) in [5.74, 6) is -0.980. The van der Waals surface area contributed by atoms with Gasteiger partial charge in [-0.1, -0.05) is 30.3 Å². The number of anilines is 1. The molecule has 182 valence electrons. The Morgan fingerprint density at radius 2 is 1.74 bits per heavy atom. The quantitative estimate of drug-likeness (QED) is 0.362. The van der Waals surface area contributed by atoms with Gasteiger partial charge in [-0.2, -0.15) is 5.10 Å². The van der Waals surface area contributed by atoms with Crippen LogP contribution in [0.25, 0.3) is 11.8 Å². The van der Waals surface area contributed by atoms with E-state index in [0.29, 0.717) is 17.1 Å². The average molecular weight is 477 g/mol. The molecule has 9 nitrogen and oxygen atoms in total. The fourth-order valence-corrected chi connectivity index (χ4v) is 3.29. The lowest BCUT2D eigenvalue weighted by Crippen LogP contribution is -2.39. The van der Waals surface area contributed by atoms with E-state index in [2.05, 4.69) is 15.7 Å². The van der Waals surface area contributed by atoms with Gasteiger partial charge in [0.2, 0.25) is 5.91 Å². The van der Waals surface area contributed by atoms with Crippen LogP contribution in [0.1, 0.15) is 23.9 Å². The maximum atomic E-state index is 12.4. The molecule has 0 radical (unpaired) electrons. The molecule has 0 spiro atoms. The Morgan fingerprint density at radius 1 is 1.06 bits per heavy atom. The van der Waals surface area contributed by atoms with Crippen molar-refractivity contribution in [2.75, 3.05) is 19.0 Å². The van der Waals surface area contributed by atoms with E-state index >= 15 is 0 Å². The van der Waals surface area contributed by atoms with Gasteiger partial charge in [0.25, 0.3) is 5.91 Å². The molecule has 0 bridgehead atoms. The minimum atomic E-state index is -0.930. The van der Waals surface area contributed by atoms with E-state index in [9.17, 15) is 14.4 Å². The second-order valence-corrected chi connectivity index (χ2v) is 7.79. The van der Waals surface area contributed by atoms with Crippen LogP contribution in [-0.4, -0.2) is 47.3 Å². The van der Waals surface area contributed by atoms with Gasteiger partial charge in [-0.3, -0.25) is 9.59 Å². The second-order valence-electron chi connectivity index (χ2n) is 7.79. The molecule has 0 aliphatic heterocycles. The molecule has 0 saturated heterocycles. The molecule has 0 saturated carbocycles. The van der Waals surface area contributed by atoms with E-state index in [4.69, 9.17) is 9.47 Å². The maximum absolute atomic E-state index is 12.4. The monoisotopic (exact) mass is 476 g/mol. The first-order valence-electron chi connectivity index (χ1n) is 11.0. The zero-order valence-electron chi connectivity index (χ0n) is 20.1. The van der Waals surface area contributed by atoms with Gasteiger partial charge in [0, 0.05) is 6.08 Å². The molecular formula is C26H28N4O5. The summed E-state index contributed by atoms with van der Waals surface area (Å²) in [5.41, 5.74) is 3.60. The number of carbonyl (C=O) groups excluding carboxylic acids is 3. The Kier molecular flexibility index (Phi) is 8.39. The number of ether oxygens (including phenoxy) is 2. The van der Waals surface area contributed by atoms with Gasteiger partial charge in [-0.05, 0) is 56.7 Å². The number of para-hydroxylation sites is 1. The topological polar surface area (TPSA) is 112 Å². The minimum Gasteiger partial charge on any atom is -0.497 e. The Labute approximate surface area is 203 Å². The lowest BCUT2D eigenvalue weighted by atomic mass is 10.2. The molecule has 0 aliphatic carbocycles. The number of amides is 2. The summed E-state index contributed by atoms with van der Waals surface area (Å²) in [7, 11) is 1.57. The van der Waals surface area contributed by atoms with E-state index in [-0.39, 0.29) is 0 Å². The molecule has 2 aromatic carbocycles. The number of nitrogens with zero attached hydrogens (tertiary/aromatic N) is 2. The SMILES string of the molecule is COc1ccc(/C=C/C(=O)NC(C)C(=O)OCC(=O)Nc2c(C)nn(-c3ccccc3)c2C)cc1. The summed E-state index contributed by atoms with van der Waals surface area (Å²) < 4.78 is 11.9. The van der Waals surface area contributed by atoms with Crippen molar-refractivity contribution in [1.29, 1.82) is 0 Å². The van der Waals surface area contributed by atoms with Crippen LogP contribution in [0.2, 0.25) is 0 Å². The zero-order chi connectivity index (χ0) is 25.4. The van der Waals surface area contributed by atoms with Crippen molar-refractivity contribution in [2.45, 2.75) is 26.8 Å². The predicted octanol–water partition coefficient (Wildman–Crippen LogP) is 3.20. The van der Waals surface area contributed by atoms with Crippen LogP contribution in [0.15, 0.2) is 60.7 Å². The highest BCUT2D eigenvalue weighted by Gasteiger charge is 2.19. The molecule has 1 aromatic heterocycles. The van der Waals surface area contributed by atoms with Crippen molar-refractivity contribution in [2.24, 2.45) is 0 Å². The third kappa shape index (κ3) is 6.80. The van der Waals surface area contributed by atoms with E-state index in [0.717, 1.165) is 16.9 Å². The molecule has 0 aliphatic rings. The number of methoxy groups -OCH3 is 1. The first-order valence-corrected chi connectivity index (χ1v) is 11.0. The Bertz CT molecular complexity index is 1220. The summed E-state index contributed by atoms with van der Waals surface area (Å²) in [6, 6.07) is 15.8. The number of hydrogen-bond acceptors (Lipinski definition) is 6. The molecule has 2 amide bonds. The Hall–Kier alpha value is -4.40. The molecule has 1 atom stereocenters. The van der Waals surface area contributed by atoms with Gasteiger partial charge >= 0.3 is 5.97 Å². The lowest BCUT2D eigenvalue weighted by Gasteiger charge is -2.12. The van der Waals surface area contributed by atoms with E-state index in [1.54, 1.807) is 49.1 Å². The number of rotatable bonds is 9. The first kappa shape index (κ1) is 25.2. The third-order valence-corrected chi connectivity index (χ3v) is 5.16. The number of esters is 1. The lowest BCUT2D eigenvalue weighted by molar-refractivity contribution is -0.149. The highest BCUT2D eigenvalue weighted by molar-refractivity contribution is 5.96. The van der Waals surface area contributed by atoms with Crippen LogP contribution < -0.4 is 15.4 Å². The molecule has 1 unspecified atom stereocenters. The Balaban J connectivity index is 1.49. The summed E-state index contributed by atoms with van der Waals surface area (Å²) in [4.78, 5) is 36.7. The normalized spacial score (nSPS) is 11.7. The fraction of sp³-hybridized carbons (Fsp3) is 0.231. The van der Waals surface area contributed by atoms with Crippen LogP contribution in [0, 0.1) is 13.8 Å². The smallest absolute Gasteiger partial charge is 0.328 e. The fourth-order valence-electron chi connectivity index (χ4n) is 3.29. The highest BCUT2D eigenvalue weighted by atomic mass is 16.5. The standard InChI is InChI=1S/C26H28N4O5/c1-17-25(19(3)30(29-17)21-8-6-5-7-9-21)28-24(32)16-35-26(33)18(2)27-23(31)15-12-20-10-13-22(34-4)14-11-20/h5-15,18H,16H2,1-4H3,(H,27,31)(H,28,32)/b15-12+. The van der Waals surface area contributed by atoms with Crippen LogP contribution >= 0.6 is 0 Å². The van der Waals surface area contributed by atoms with E-state index < -0.39 is 30.4 Å². The number of aromatic nitrogens is 2. The molecule has 2 N–H and O–H groups in total. The van der Waals surface area contributed by atoms with Gasteiger partial charge in [0.1, 0.15) is 11.8 Å². The van der Waals surface area contributed by atoms with E-state index in [1.807, 2.05) is 37.3 Å². The largest absolute Gasteiger partial charge is 0.497 e. The third-order valence-electron chi connectivity index (χ3n) is 5.16. The van der Waals surface area contributed by atoms with Crippen molar-refractivity contribution in [3.8, 4) is 11.4 Å². The number of benzene rings is 2. The van der Waals surface area contributed by atoms with Gasteiger partial charge in [-0.15, -0.1) is 0 Å². The Morgan fingerprint density at radius 3 is 2.40 bits per heavy atom. The molecule has 0 fully saturated rings.